The largest absolute Gasteiger partial charge is 0.387 e. The van der Waals surface area contributed by atoms with Crippen LogP contribution < -0.4 is 11.5 Å². The summed E-state index contributed by atoms with van der Waals surface area (Å²) < 4.78 is 10.7. The summed E-state index contributed by atoms with van der Waals surface area (Å²) in [6.45, 7) is 0.187. The summed E-state index contributed by atoms with van der Waals surface area (Å²) in [5.74, 6) is 0.343. The number of methoxy groups -OCH3 is 1. The molecule has 3 aliphatic heterocycles. The monoisotopic (exact) mass is 314 g/mol. The van der Waals surface area contributed by atoms with Crippen molar-refractivity contribution >= 4 is 12.2 Å². The average molecular weight is 314 g/mol. The van der Waals surface area contributed by atoms with Crippen LogP contribution >= 0.6 is 0 Å². The van der Waals surface area contributed by atoms with E-state index in [0.29, 0.717) is 5.84 Å². The van der Waals surface area contributed by atoms with Crippen molar-refractivity contribution in [1.29, 1.82) is 0 Å². The third kappa shape index (κ3) is 2.28. The van der Waals surface area contributed by atoms with Crippen molar-refractivity contribution in [2.45, 2.75) is 43.0 Å². The molecule has 6 N–H and O–H groups in total. The van der Waals surface area contributed by atoms with E-state index in [0.717, 1.165) is 0 Å². The lowest BCUT2D eigenvalue weighted by molar-refractivity contribution is -0.105. The molecule has 1 fully saturated rings. The molecule has 6 unspecified atom stereocenters. The summed E-state index contributed by atoms with van der Waals surface area (Å²) in [5.41, 5.74) is 11.8. The number of hydrogen-bond donors (Lipinski definition) is 4. The normalized spacial score (nSPS) is 45.2. The van der Waals surface area contributed by atoms with Crippen molar-refractivity contribution in [2.75, 3.05) is 20.8 Å². The molecule has 22 heavy (non-hydrogen) atoms. The van der Waals surface area contributed by atoms with Gasteiger partial charge in [-0.15, -0.1) is 0 Å². The minimum absolute atomic E-state index is 0.187. The van der Waals surface area contributed by atoms with Crippen LogP contribution in [0.4, 0.5) is 0 Å². The Bertz CT molecular complexity index is 488. The second kappa shape index (κ2) is 5.72. The summed E-state index contributed by atoms with van der Waals surface area (Å²) in [6.07, 6.45) is -2.84. The van der Waals surface area contributed by atoms with Crippen LogP contribution in [0, 0.1) is 0 Å². The average Bonchev–Trinajstić information content (AvgIpc) is 3.03. The Morgan fingerprint density at radius 1 is 1.41 bits per heavy atom. The van der Waals surface area contributed by atoms with Gasteiger partial charge in [0, 0.05) is 7.11 Å². The maximum Gasteiger partial charge on any atom is 0.161 e. The number of likely N-dealkylation sites (N-methyl/N-ethyl adjacent to an activating group) is 1. The maximum atomic E-state index is 10.3. The Morgan fingerprint density at radius 3 is 2.82 bits per heavy atom. The van der Waals surface area contributed by atoms with Gasteiger partial charge in [0.1, 0.15) is 36.4 Å². The van der Waals surface area contributed by atoms with Crippen LogP contribution in [0.5, 0.6) is 0 Å². The van der Waals surface area contributed by atoms with Gasteiger partial charge in [-0.3, -0.25) is 10.7 Å². The third-order valence-electron chi connectivity index (χ3n) is 4.33. The molecule has 3 aliphatic rings. The molecule has 0 aromatic heterocycles. The summed E-state index contributed by atoms with van der Waals surface area (Å²) in [4.78, 5) is 12.0. The number of hydrogen-bond acceptors (Lipinski definition) is 10. The first kappa shape index (κ1) is 15.6. The van der Waals surface area contributed by atoms with Gasteiger partial charge < -0.3 is 30.3 Å². The SMILES string of the molecule is COC[C@H]1OC(N2C=NC3C(N)=NC(N)N(C)C32)C(O)C1O. The molecular weight excluding hydrogens is 292 g/mol. The lowest BCUT2D eigenvalue weighted by Gasteiger charge is -2.42. The van der Waals surface area contributed by atoms with E-state index in [4.69, 9.17) is 20.9 Å². The lowest BCUT2D eigenvalue weighted by atomic mass is 10.1. The summed E-state index contributed by atoms with van der Waals surface area (Å²) in [6, 6.07) is -0.376. The number of fused-ring (bicyclic) bond motifs is 1. The highest BCUT2D eigenvalue weighted by Gasteiger charge is 2.51. The van der Waals surface area contributed by atoms with Gasteiger partial charge >= 0.3 is 0 Å². The Balaban J connectivity index is 1.81. The van der Waals surface area contributed by atoms with Crippen LogP contribution in [0.1, 0.15) is 0 Å². The minimum Gasteiger partial charge on any atom is -0.387 e. The van der Waals surface area contributed by atoms with Crippen molar-refractivity contribution in [3.63, 3.8) is 0 Å². The van der Waals surface area contributed by atoms with Crippen molar-refractivity contribution in [2.24, 2.45) is 21.5 Å². The van der Waals surface area contributed by atoms with Gasteiger partial charge in [0.25, 0.3) is 0 Å². The van der Waals surface area contributed by atoms with Crippen LogP contribution in [0.15, 0.2) is 9.98 Å². The summed E-state index contributed by atoms with van der Waals surface area (Å²) in [5, 5.41) is 20.4. The van der Waals surface area contributed by atoms with E-state index < -0.39 is 30.8 Å². The second-order valence-electron chi connectivity index (χ2n) is 5.70. The smallest absolute Gasteiger partial charge is 0.161 e. The number of nitrogens with two attached hydrogens (primary N) is 2. The first-order valence-electron chi connectivity index (χ1n) is 7.07. The van der Waals surface area contributed by atoms with Gasteiger partial charge in [-0.05, 0) is 7.05 Å². The zero-order chi connectivity index (χ0) is 16.0. The molecule has 0 saturated carbocycles. The Hall–Kier alpha value is -1.30. The maximum absolute atomic E-state index is 10.3. The van der Waals surface area contributed by atoms with E-state index in [9.17, 15) is 10.2 Å². The fraction of sp³-hybridized carbons (Fsp3) is 0.833. The molecule has 0 spiro atoms. The standard InChI is InChI=1S/C12H22N6O4/c1-17-10-6(9(13)16-12(17)14)15-4-18(10)11-8(20)7(19)5(22-11)3-21-2/h4-8,10-12,19-20H,3,14H2,1-2H3,(H2,13,16)/t5-,6?,7?,8?,10?,11?,12?/m1/s1. The minimum atomic E-state index is -1.09. The number of ether oxygens (including phenoxy) is 2. The molecule has 3 heterocycles. The lowest BCUT2D eigenvalue weighted by Crippen LogP contribution is -2.64. The molecule has 0 aromatic carbocycles. The van der Waals surface area contributed by atoms with E-state index >= 15 is 0 Å². The molecule has 7 atom stereocenters. The number of aliphatic hydroxyl groups excluding tert-OH is 2. The molecule has 3 rings (SSSR count). The van der Waals surface area contributed by atoms with E-state index in [1.54, 1.807) is 23.2 Å². The van der Waals surface area contributed by atoms with E-state index in [-0.39, 0.29) is 18.8 Å². The van der Waals surface area contributed by atoms with E-state index in [1.807, 2.05) is 0 Å². The van der Waals surface area contributed by atoms with Crippen molar-refractivity contribution in [3.05, 3.63) is 0 Å². The van der Waals surface area contributed by atoms with Crippen LogP contribution in [0.2, 0.25) is 0 Å². The van der Waals surface area contributed by atoms with Crippen LogP contribution in [0.25, 0.3) is 0 Å². The van der Waals surface area contributed by atoms with Crippen molar-refractivity contribution in [1.82, 2.24) is 9.80 Å². The van der Waals surface area contributed by atoms with Gasteiger partial charge in [0.2, 0.25) is 0 Å². The van der Waals surface area contributed by atoms with Gasteiger partial charge in [-0.25, -0.2) is 9.89 Å². The number of aliphatic hydroxyl groups is 2. The first-order valence-corrected chi connectivity index (χ1v) is 7.07. The summed E-state index contributed by atoms with van der Waals surface area (Å²) in [7, 11) is 3.30. The molecule has 0 aromatic rings. The molecule has 10 heteroatoms. The van der Waals surface area contributed by atoms with Gasteiger partial charge in [0.05, 0.1) is 12.9 Å². The Labute approximate surface area is 128 Å². The molecular formula is C12H22N6O4. The third-order valence-corrected chi connectivity index (χ3v) is 4.33. The first-order chi connectivity index (χ1) is 10.5. The van der Waals surface area contributed by atoms with Crippen LogP contribution in [-0.4, -0.2) is 96.0 Å². The zero-order valence-electron chi connectivity index (χ0n) is 12.5. The quantitative estimate of drug-likeness (QED) is 0.423. The number of rotatable bonds is 3. The fourth-order valence-corrected chi connectivity index (χ4v) is 3.09. The van der Waals surface area contributed by atoms with Crippen molar-refractivity contribution in [3.8, 4) is 0 Å². The highest BCUT2D eigenvalue weighted by atomic mass is 16.6. The fourth-order valence-electron chi connectivity index (χ4n) is 3.09. The Kier molecular flexibility index (Phi) is 4.05. The van der Waals surface area contributed by atoms with Crippen molar-refractivity contribution < 1.29 is 19.7 Å². The van der Waals surface area contributed by atoms with Gasteiger partial charge in [-0.1, -0.05) is 0 Å². The second-order valence-corrected chi connectivity index (χ2v) is 5.70. The summed E-state index contributed by atoms with van der Waals surface area (Å²) >= 11 is 0. The van der Waals surface area contributed by atoms with Crippen LogP contribution in [-0.2, 0) is 9.47 Å². The molecule has 0 amide bonds. The van der Waals surface area contributed by atoms with Crippen LogP contribution in [0.3, 0.4) is 0 Å². The molecule has 10 nitrogen and oxygen atoms in total. The molecule has 124 valence electrons. The number of amidine groups is 1. The highest BCUT2D eigenvalue weighted by molar-refractivity contribution is 5.90. The number of aliphatic imine (C=N–C) groups is 2. The van der Waals surface area contributed by atoms with E-state index in [2.05, 4.69) is 9.98 Å². The molecule has 0 radical (unpaired) electrons. The van der Waals surface area contributed by atoms with E-state index in [1.165, 1.54) is 7.11 Å². The molecule has 1 saturated heterocycles. The Morgan fingerprint density at radius 2 is 2.14 bits per heavy atom. The van der Waals surface area contributed by atoms with Gasteiger partial charge in [0.15, 0.2) is 12.5 Å². The topological polar surface area (TPSA) is 142 Å². The van der Waals surface area contributed by atoms with Gasteiger partial charge in [-0.2, -0.15) is 0 Å². The molecule has 0 bridgehead atoms. The number of nitrogens with zero attached hydrogens (tertiary/aromatic N) is 4. The highest BCUT2D eigenvalue weighted by Crippen LogP contribution is 2.31. The zero-order valence-corrected chi connectivity index (χ0v) is 12.5. The predicted molar refractivity (Wildman–Crippen MR) is 77.8 cm³/mol. The predicted octanol–water partition coefficient (Wildman–Crippen LogP) is -3.34. The molecule has 0 aliphatic carbocycles.